The Kier molecular flexibility index (Phi) is 4.60. The summed E-state index contributed by atoms with van der Waals surface area (Å²) >= 11 is 0. The fourth-order valence-electron chi connectivity index (χ4n) is 2.75. The molecule has 17 heavy (non-hydrogen) atoms. The van der Waals surface area contributed by atoms with Crippen molar-refractivity contribution in [2.45, 2.75) is 51.0 Å². The first-order valence-electron chi connectivity index (χ1n) is 6.91. The molecular weight excluding hydrogens is 212 g/mol. The van der Waals surface area contributed by atoms with Gasteiger partial charge in [0, 0.05) is 26.1 Å². The number of nitrogens with zero attached hydrogens (tertiary/aromatic N) is 1. The summed E-state index contributed by atoms with van der Waals surface area (Å²) < 4.78 is 0. The summed E-state index contributed by atoms with van der Waals surface area (Å²) in [6, 6.07) is 0.403. The normalized spacial score (nSPS) is 25.2. The molecule has 1 heterocycles. The first-order chi connectivity index (χ1) is 8.27. The molecule has 0 radical (unpaired) electrons. The number of allylic oxidation sites excluding steroid dienone is 1. The van der Waals surface area contributed by atoms with Crippen molar-refractivity contribution >= 4 is 5.91 Å². The number of piperidine rings is 1. The third-order valence-electron chi connectivity index (χ3n) is 3.98. The highest BCUT2D eigenvalue weighted by Gasteiger charge is 2.22. The van der Waals surface area contributed by atoms with Crippen LogP contribution in [-0.2, 0) is 4.79 Å². The SMILES string of the molecule is CN(C(=O)CC1=CCCCC1)C1CCCNC1. The molecular formula is C14H24N2O. The van der Waals surface area contributed by atoms with Gasteiger partial charge in [-0.3, -0.25) is 4.79 Å². The minimum absolute atomic E-state index is 0.298. The van der Waals surface area contributed by atoms with Crippen molar-refractivity contribution in [1.82, 2.24) is 10.2 Å². The summed E-state index contributed by atoms with van der Waals surface area (Å²) in [5, 5.41) is 3.37. The molecule has 1 amide bonds. The van der Waals surface area contributed by atoms with E-state index in [1.807, 2.05) is 11.9 Å². The second-order valence-electron chi connectivity index (χ2n) is 5.29. The highest BCUT2D eigenvalue weighted by molar-refractivity contribution is 5.78. The number of hydrogen-bond acceptors (Lipinski definition) is 2. The number of nitrogens with one attached hydrogen (secondary N) is 1. The van der Waals surface area contributed by atoms with E-state index in [0.29, 0.717) is 18.4 Å². The van der Waals surface area contributed by atoms with Gasteiger partial charge in [-0.05, 0) is 45.1 Å². The number of likely N-dealkylation sites (N-methyl/N-ethyl adjacent to an activating group) is 1. The Morgan fingerprint density at radius 2 is 2.35 bits per heavy atom. The molecule has 3 heteroatoms. The summed E-state index contributed by atoms with van der Waals surface area (Å²) in [5.41, 5.74) is 1.36. The summed E-state index contributed by atoms with van der Waals surface area (Å²) in [4.78, 5) is 14.1. The van der Waals surface area contributed by atoms with Gasteiger partial charge in [0.2, 0.25) is 5.91 Å². The Morgan fingerprint density at radius 1 is 1.47 bits per heavy atom. The molecule has 1 atom stereocenters. The van der Waals surface area contributed by atoms with Crippen LogP contribution in [0.25, 0.3) is 0 Å². The largest absolute Gasteiger partial charge is 0.341 e. The molecule has 2 aliphatic rings. The van der Waals surface area contributed by atoms with Crippen molar-refractivity contribution < 1.29 is 4.79 Å². The Bertz CT molecular complexity index is 293. The lowest BCUT2D eigenvalue weighted by Crippen LogP contribution is -2.46. The lowest BCUT2D eigenvalue weighted by molar-refractivity contribution is -0.131. The van der Waals surface area contributed by atoms with E-state index in [4.69, 9.17) is 0 Å². The average molecular weight is 236 g/mol. The van der Waals surface area contributed by atoms with Gasteiger partial charge in [-0.1, -0.05) is 11.6 Å². The number of carbonyl (C=O) groups is 1. The maximum Gasteiger partial charge on any atom is 0.226 e. The predicted octanol–water partition coefficient (Wildman–Crippen LogP) is 2.09. The average Bonchev–Trinajstić information content (AvgIpc) is 2.40. The maximum absolute atomic E-state index is 12.2. The summed E-state index contributed by atoms with van der Waals surface area (Å²) in [6.07, 6.45) is 10.1. The van der Waals surface area contributed by atoms with Crippen LogP contribution in [0.2, 0.25) is 0 Å². The topological polar surface area (TPSA) is 32.3 Å². The Hall–Kier alpha value is -0.830. The zero-order valence-corrected chi connectivity index (χ0v) is 10.9. The van der Waals surface area contributed by atoms with Gasteiger partial charge in [0.1, 0.15) is 0 Å². The van der Waals surface area contributed by atoms with Gasteiger partial charge < -0.3 is 10.2 Å². The van der Waals surface area contributed by atoms with Gasteiger partial charge >= 0.3 is 0 Å². The van der Waals surface area contributed by atoms with E-state index in [9.17, 15) is 4.79 Å². The highest BCUT2D eigenvalue weighted by atomic mass is 16.2. The Morgan fingerprint density at radius 3 is 3.00 bits per heavy atom. The molecule has 1 aliphatic heterocycles. The molecule has 0 aromatic carbocycles. The third kappa shape index (κ3) is 3.56. The van der Waals surface area contributed by atoms with Crippen LogP contribution in [0.5, 0.6) is 0 Å². The van der Waals surface area contributed by atoms with E-state index >= 15 is 0 Å². The molecule has 1 fully saturated rings. The molecule has 2 rings (SSSR count). The molecule has 0 spiro atoms. The standard InChI is InChI=1S/C14H24N2O/c1-16(13-8-5-9-15-11-13)14(17)10-12-6-3-2-4-7-12/h6,13,15H,2-5,7-11H2,1H3. The van der Waals surface area contributed by atoms with Crippen molar-refractivity contribution in [3.8, 4) is 0 Å². The van der Waals surface area contributed by atoms with E-state index in [2.05, 4.69) is 11.4 Å². The highest BCUT2D eigenvalue weighted by Crippen LogP contribution is 2.21. The Labute approximate surface area is 104 Å². The van der Waals surface area contributed by atoms with Crippen molar-refractivity contribution in [2.24, 2.45) is 0 Å². The summed E-state index contributed by atoms with van der Waals surface area (Å²) in [5.74, 6) is 0.298. The van der Waals surface area contributed by atoms with Crippen LogP contribution in [0.3, 0.4) is 0 Å². The van der Waals surface area contributed by atoms with Gasteiger partial charge in [-0.25, -0.2) is 0 Å². The van der Waals surface area contributed by atoms with E-state index < -0.39 is 0 Å². The van der Waals surface area contributed by atoms with E-state index in [-0.39, 0.29) is 0 Å². The molecule has 0 aromatic rings. The fourth-order valence-corrected chi connectivity index (χ4v) is 2.75. The van der Waals surface area contributed by atoms with Crippen LogP contribution < -0.4 is 5.32 Å². The smallest absolute Gasteiger partial charge is 0.226 e. The molecule has 0 saturated carbocycles. The lowest BCUT2D eigenvalue weighted by atomic mass is 9.96. The zero-order valence-electron chi connectivity index (χ0n) is 10.9. The fraction of sp³-hybridized carbons (Fsp3) is 0.786. The first kappa shape index (κ1) is 12.6. The minimum atomic E-state index is 0.298. The van der Waals surface area contributed by atoms with Crippen molar-refractivity contribution in [2.75, 3.05) is 20.1 Å². The third-order valence-corrected chi connectivity index (χ3v) is 3.98. The number of carbonyl (C=O) groups excluding carboxylic acids is 1. The van der Waals surface area contributed by atoms with Crippen LogP contribution >= 0.6 is 0 Å². The second kappa shape index (κ2) is 6.20. The molecule has 3 nitrogen and oxygen atoms in total. The van der Waals surface area contributed by atoms with Crippen molar-refractivity contribution in [1.29, 1.82) is 0 Å². The van der Waals surface area contributed by atoms with Crippen molar-refractivity contribution in [3.05, 3.63) is 11.6 Å². The molecule has 0 bridgehead atoms. The van der Waals surface area contributed by atoms with Crippen LogP contribution in [0.1, 0.15) is 44.9 Å². The number of hydrogen-bond donors (Lipinski definition) is 1. The molecule has 1 saturated heterocycles. The van der Waals surface area contributed by atoms with Crippen LogP contribution in [-0.4, -0.2) is 37.0 Å². The second-order valence-corrected chi connectivity index (χ2v) is 5.29. The molecule has 96 valence electrons. The van der Waals surface area contributed by atoms with E-state index in [1.165, 1.54) is 24.8 Å². The summed E-state index contributed by atoms with van der Waals surface area (Å²) in [7, 11) is 1.96. The molecule has 1 aliphatic carbocycles. The van der Waals surface area contributed by atoms with Gasteiger partial charge in [0.05, 0.1) is 0 Å². The van der Waals surface area contributed by atoms with Gasteiger partial charge in [-0.15, -0.1) is 0 Å². The molecule has 1 N–H and O–H groups in total. The van der Waals surface area contributed by atoms with Gasteiger partial charge in [0.25, 0.3) is 0 Å². The van der Waals surface area contributed by atoms with Gasteiger partial charge in [0.15, 0.2) is 0 Å². The lowest BCUT2D eigenvalue weighted by Gasteiger charge is -2.32. The maximum atomic E-state index is 12.2. The molecule has 0 aromatic heterocycles. The Balaban J connectivity index is 1.83. The number of rotatable bonds is 3. The van der Waals surface area contributed by atoms with Crippen LogP contribution in [0.15, 0.2) is 11.6 Å². The van der Waals surface area contributed by atoms with Gasteiger partial charge in [-0.2, -0.15) is 0 Å². The molecule has 1 unspecified atom stereocenters. The quantitative estimate of drug-likeness (QED) is 0.761. The van der Waals surface area contributed by atoms with Crippen molar-refractivity contribution in [3.63, 3.8) is 0 Å². The first-order valence-corrected chi connectivity index (χ1v) is 6.91. The summed E-state index contributed by atoms with van der Waals surface area (Å²) in [6.45, 7) is 2.06. The van der Waals surface area contributed by atoms with E-state index in [1.54, 1.807) is 0 Å². The minimum Gasteiger partial charge on any atom is -0.341 e. The number of amides is 1. The predicted molar refractivity (Wildman–Crippen MR) is 69.8 cm³/mol. The monoisotopic (exact) mass is 236 g/mol. The van der Waals surface area contributed by atoms with E-state index in [0.717, 1.165) is 32.4 Å². The van der Waals surface area contributed by atoms with Crippen LogP contribution in [0.4, 0.5) is 0 Å². The zero-order chi connectivity index (χ0) is 12.1. The van der Waals surface area contributed by atoms with Crippen LogP contribution in [0, 0.1) is 0 Å².